The average Bonchev–Trinajstić information content (AvgIpc) is 3.71. The lowest BCUT2D eigenvalue weighted by Crippen LogP contribution is -2.53. The van der Waals surface area contributed by atoms with Crippen LogP contribution in [0, 0.1) is 6.92 Å². The average molecular weight is 663 g/mol. The molecule has 11 heteroatoms. The number of anilines is 2. The molecule has 2 aromatic heterocycles. The summed E-state index contributed by atoms with van der Waals surface area (Å²) in [5, 5.41) is 9.88. The summed E-state index contributed by atoms with van der Waals surface area (Å²) in [6.07, 6.45) is 0. The van der Waals surface area contributed by atoms with E-state index in [1.54, 1.807) is 41.3 Å². The summed E-state index contributed by atoms with van der Waals surface area (Å²) in [6, 6.07) is 29.6. The maximum absolute atomic E-state index is 15.1. The Hall–Kier alpha value is -4.77. The van der Waals surface area contributed by atoms with Gasteiger partial charge in [-0.1, -0.05) is 107 Å². The lowest BCUT2D eigenvalue weighted by Gasteiger charge is -2.32. The molecule has 0 fully saturated rings. The number of para-hydroxylation sites is 1. The molecule has 8 nitrogen and oxygen atoms in total. The quantitative estimate of drug-likeness (QED) is 0.136. The van der Waals surface area contributed by atoms with E-state index in [1.807, 2.05) is 67.6 Å². The Kier molecular flexibility index (Phi) is 6.82. The van der Waals surface area contributed by atoms with Crippen LogP contribution in [0.15, 0.2) is 111 Å². The lowest BCUT2D eigenvalue weighted by molar-refractivity contribution is -0.121. The molecule has 0 bridgehead atoms. The molecule has 46 heavy (non-hydrogen) atoms. The number of carbonyl (C=O) groups excluding carboxylic acids is 2. The number of aromatic nitrogens is 2. The van der Waals surface area contributed by atoms with Gasteiger partial charge in [0.05, 0.1) is 23.2 Å². The van der Waals surface area contributed by atoms with Crippen molar-refractivity contribution in [3.8, 4) is 0 Å². The van der Waals surface area contributed by atoms with Crippen LogP contribution < -0.4 is 15.2 Å². The fourth-order valence-electron chi connectivity index (χ4n) is 6.28. The lowest BCUT2D eigenvalue weighted by atomic mass is 9.84. The Balaban J connectivity index is 1.33. The summed E-state index contributed by atoms with van der Waals surface area (Å²) >= 11 is 8.83. The highest BCUT2D eigenvalue weighted by atomic mass is 35.5. The molecule has 0 radical (unpaired) electrons. The number of hydrogen-bond donors (Lipinski definition) is 0. The van der Waals surface area contributed by atoms with Crippen LogP contribution in [0.1, 0.15) is 38.4 Å². The van der Waals surface area contributed by atoms with Crippen LogP contribution in [0.25, 0.3) is 11.0 Å². The second-order valence-corrected chi connectivity index (χ2v) is 13.8. The van der Waals surface area contributed by atoms with Gasteiger partial charge in [-0.2, -0.15) is 0 Å². The third-order valence-electron chi connectivity index (χ3n) is 8.33. The highest BCUT2D eigenvalue weighted by Gasteiger charge is 2.66. The first-order chi connectivity index (χ1) is 22.4. The first kappa shape index (κ1) is 28.7. The predicted molar refractivity (Wildman–Crippen MR) is 180 cm³/mol. The van der Waals surface area contributed by atoms with E-state index in [0.717, 1.165) is 16.7 Å². The van der Waals surface area contributed by atoms with Crippen molar-refractivity contribution in [2.24, 2.45) is 0 Å². The Labute approximate surface area is 276 Å². The number of halogens is 1. The number of thioether (sulfide) groups is 1. The smallest absolute Gasteiger partial charge is 0.297 e. The molecule has 0 saturated carbocycles. The SMILES string of the molecule is Cc1ccc2oc3c(c(=O)c2c1)C1(C(=O)N(Cc2ccc(Cl)cc2)c2ccccc21)N(c1nnc(SCc2ccccc2)s1)C3=O. The summed E-state index contributed by atoms with van der Waals surface area (Å²) < 4.78 is 6.83. The standard InChI is InChI=1S/C35H23ClN4O4S2/c1-20-11-16-27-24(17-20)29(41)28-30(44-27)31(42)40(33-37-38-34(46-33)45-19-22-7-3-2-4-8-22)35(28)25-9-5-6-10-26(25)39(32(35)43)18-21-12-14-23(36)15-13-21/h2-17H,18-19H2,1H3. The zero-order valence-corrected chi connectivity index (χ0v) is 26.7. The molecule has 4 heterocycles. The van der Waals surface area contributed by atoms with Crippen LogP contribution in [0.5, 0.6) is 0 Å². The highest BCUT2D eigenvalue weighted by molar-refractivity contribution is 8.00. The zero-order valence-electron chi connectivity index (χ0n) is 24.3. The fraction of sp³-hybridized carbons (Fsp3) is 0.114. The largest absolute Gasteiger partial charge is 0.450 e. The van der Waals surface area contributed by atoms with Crippen molar-refractivity contribution in [2.45, 2.75) is 29.1 Å². The van der Waals surface area contributed by atoms with E-state index in [4.69, 9.17) is 16.0 Å². The van der Waals surface area contributed by atoms with E-state index in [2.05, 4.69) is 10.2 Å². The monoisotopic (exact) mass is 662 g/mol. The van der Waals surface area contributed by atoms with E-state index in [-0.39, 0.29) is 28.6 Å². The third kappa shape index (κ3) is 4.32. The minimum Gasteiger partial charge on any atom is -0.450 e. The molecule has 226 valence electrons. The molecule has 0 saturated heterocycles. The Morgan fingerprint density at radius 2 is 1.65 bits per heavy atom. The van der Waals surface area contributed by atoms with Crippen LogP contribution in [0.4, 0.5) is 10.8 Å². The minimum absolute atomic E-state index is 0.0136. The van der Waals surface area contributed by atoms with Gasteiger partial charge < -0.3 is 9.32 Å². The summed E-state index contributed by atoms with van der Waals surface area (Å²) in [6.45, 7) is 2.07. The Bertz CT molecular complexity index is 2250. The van der Waals surface area contributed by atoms with Crippen molar-refractivity contribution in [1.29, 1.82) is 0 Å². The van der Waals surface area contributed by atoms with Gasteiger partial charge in [0.1, 0.15) is 5.58 Å². The minimum atomic E-state index is -1.85. The van der Waals surface area contributed by atoms with E-state index in [9.17, 15) is 9.59 Å². The maximum Gasteiger partial charge on any atom is 0.297 e. The predicted octanol–water partition coefficient (Wildman–Crippen LogP) is 7.35. The molecule has 4 aromatic carbocycles. The second kappa shape index (κ2) is 10.9. The van der Waals surface area contributed by atoms with Crippen molar-refractivity contribution >= 4 is 68.3 Å². The molecule has 0 N–H and O–H groups in total. The zero-order chi connectivity index (χ0) is 31.6. The van der Waals surface area contributed by atoms with Gasteiger partial charge in [0, 0.05) is 16.3 Å². The first-order valence-electron chi connectivity index (χ1n) is 14.4. The van der Waals surface area contributed by atoms with Crippen LogP contribution in [-0.4, -0.2) is 22.0 Å². The number of rotatable bonds is 6. The number of nitrogens with zero attached hydrogens (tertiary/aromatic N) is 4. The van der Waals surface area contributed by atoms with Crippen LogP contribution in [0.2, 0.25) is 5.02 Å². The Morgan fingerprint density at radius 1 is 0.891 bits per heavy atom. The molecule has 2 amide bonds. The van der Waals surface area contributed by atoms with E-state index < -0.39 is 22.8 Å². The van der Waals surface area contributed by atoms with Crippen molar-refractivity contribution in [2.75, 3.05) is 9.80 Å². The van der Waals surface area contributed by atoms with Gasteiger partial charge in [-0.15, -0.1) is 10.2 Å². The number of benzene rings is 4. The molecule has 2 aliphatic heterocycles. The molecular weight excluding hydrogens is 640 g/mol. The number of fused-ring (bicyclic) bond motifs is 5. The van der Waals surface area contributed by atoms with Crippen LogP contribution in [-0.2, 0) is 22.6 Å². The van der Waals surface area contributed by atoms with Crippen molar-refractivity contribution in [3.63, 3.8) is 0 Å². The molecule has 1 atom stereocenters. The molecular formula is C35H23ClN4O4S2. The van der Waals surface area contributed by atoms with Gasteiger partial charge in [-0.3, -0.25) is 19.3 Å². The summed E-state index contributed by atoms with van der Waals surface area (Å²) in [5.41, 5.74) is 1.84. The fourth-order valence-corrected chi connectivity index (χ4v) is 8.25. The number of carbonyl (C=O) groups is 2. The molecule has 1 spiro atoms. The molecule has 8 rings (SSSR count). The van der Waals surface area contributed by atoms with Gasteiger partial charge in [-0.25, -0.2) is 0 Å². The molecule has 1 unspecified atom stereocenters. The summed E-state index contributed by atoms with van der Waals surface area (Å²) in [5.74, 6) is -0.604. The maximum atomic E-state index is 15.1. The van der Waals surface area contributed by atoms with Gasteiger partial charge >= 0.3 is 0 Å². The van der Waals surface area contributed by atoms with E-state index in [0.29, 0.717) is 31.8 Å². The first-order valence-corrected chi connectivity index (χ1v) is 16.6. The van der Waals surface area contributed by atoms with Crippen molar-refractivity contribution in [3.05, 3.63) is 146 Å². The van der Waals surface area contributed by atoms with Gasteiger partial charge in [-0.05, 0) is 48.4 Å². The summed E-state index contributed by atoms with van der Waals surface area (Å²) in [4.78, 5) is 47.1. The molecule has 0 aliphatic carbocycles. The van der Waals surface area contributed by atoms with Crippen LogP contribution in [0.3, 0.4) is 0 Å². The van der Waals surface area contributed by atoms with Crippen molar-refractivity contribution in [1.82, 2.24) is 10.2 Å². The topological polar surface area (TPSA) is 96.6 Å². The van der Waals surface area contributed by atoms with Gasteiger partial charge in [0.2, 0.25) is 10.9 Å². The van der Waals surface area contributed by atoms with Crippen LogP contribution >= 0.6 is 34.7 Å². The molecule has 2 aliphatic rings. The van der Waals surface area contributed by atoms with Crippen molar-refractivity contribution < 1.29 is 14.0 Å². The van der Waals surface area contributed by atoms with Gasteiger partial charge in [0.25, 0.3) is 11.8 Å². The second-order valence-electron chi connectivity index (χ2n) is 11.1. The number of amides is 2. The number of hydrogen-bond acceptors (Lipinski definition) is 8. The van der Waals surface area contributed by atoms with E-state index >= 15 is 4.79 Å². The molecule has 6 aromatic rings. The summed E-state index contributed by atoms with van der Waals surface area (Å²) in [7, 11) is 0. The van der Waals surface area contributed by atoms with Gasteiger partial charge in [0.15, 0.2) is 15.3 Å². The third-order valence-corrected chi connectivity index (χ3v) is 10.7. The highest BCUT2D eigenvalue weighted by Crippen LogP contribution is 2.55. The van der Waals surface area contributed by atoms with E-state index in [1.165, 1.54) is 28.0 Å². The normalized spacial score (nSPS) is 16.9. The number of aryl methyl sites for hydroxylation is 1. The Morgan fingerprint density at radius 3 is 2.46 bits per heavy atom.